The molecule has 0 aliphatic heterocycles. The zero-order valence-electron chi connectivity index (χ0n) is 33.0. The molecule has 3 aromatic carbocycles. The van der Waals surface area contributed by atoms with Gasteiger partial charge in [0.25, 0.3) is 5.91 Å². The maximum atomic E-state index is 14.4. The smallest absolute Gasteiger partial charge is 0.310 e. The number of rotatable bonds is 21. The number of ether oxygens (including phenoxy) is 1. The summed E-state index contributed by atoms with van der Waals surface area (Å²) in [6.07, 6.45) is 10.9. The van der Waals surface area contributed by atoms with Gasteiger partial charge in [0, 0.05) is 24.7 Å². The van der Waals surface area contributed by atoms with Crippen molar-refractivity contribution in [2.24, 2.45) is 23.7 Å². The van der Waals surface area contributed by atoms with Crippen molar-refractivity contribution in [3.8, 4) is 0 Å². The third-order valence-electron chi connectivity index (χ3n) is 11.2. The number of H-pyrrole nitrogens is 1. The van der Waals surface area contributed by atoms with Gasteiger partial charge in [0.2, 0.25) is 5.91 Å². The van der Waals surface area contributed by atoms with Gasteiger partial charge in [0.05, 0.1) is 24.4 Å². The van der Waals surface area contributed by atoms with Gasteiger partial charge >= 0.3 is 5.97 Å². The van der Waals surface area contributed by atoms with Gasteiger partial charge in [-0.2, -0.15) is 0 Å². The molecule has 2 amide bonds. The summed E-state index contributed by atoms with van der Waals surface area (Å²) in [6, 6.07) is 27.4. The quantitative estimate of drug-likeness (QED) is 0.0519. The lowest BCUT2D eigenvalue weighted by Gasteiger charge is -2.33. The van der Waals surface area contributed by atoms with Crippen LogP contribution < -0.4 is 10.6 Å². The molecule has 9 heteroatoms. The third kappa shape index (κ3) is 13.3. The highest BCUT2D eigenvalue weighted by molar-refractivity contribution is 5.91. The number of hydrogen-bond acceptors (Lipinski definition) is 6. The van der Waals surface area contributed by atoms with Crippen molar-refractivity contribution < 1.29 is 24.2 Å². The molecule has 4 aromatic rings. The fourth-order valence-corrected chi connectivity index (χ4v) is 7.84. The number of amides is 2. The summed E-state index contributed by atoms with van der Waals surface area (Å²) in [4.78, 5) is 50.1. The number of nitrogens with zero attached hydrogens (tertiary/aromatic N) is 1. The molecule has 56 heavy (non-hydrogen) atoms. The van der Waals surface area contributed by atoms with E-state index in [2.05, 4.69) is 41.0 Å². The standard InChI is InChI=1S/C47H60N4O5/c1-4-38(33(2)3)29-43(52)41(27-36-21-13-7-14-22-36)50-45(53)42(30-40-31-48-32-49-40)51-46(54)44(28-37-23-15-8-16-24-37)56-47(55)39(25-34-17-9-5-10-18-34)26-35-19-11-6-12-20-35/h4-6,8-12,15-20,23-24,31-33,36,38-39,41-44,52H,1,7,13-14,21-22,25-30H2,2-3H3,(H,48,49)(H,50,53)(H,51,54)/t38?,41-,42-,43+,44-/m0/s1. The molecule has 0 spiro atoms. The average Bonchev–Trinajstić information content (AvgIpc) is 3.73. The van der Waals surface area contributed by atoms with Crippen molar-refractivity contribution in [1.29, 1.82) is 0 Å². The van der Waals surface area contributed by atoms with Crippen LogP contribution in [0.5, 0.6) is 0 Å². The lowest BCUT2D eigenvalue weighted by atomic mass is 9.81. The van der Waals surface area contributed by atoms with E-state index in [9.17, 15) is 19.5 Å². The van der Waals surface area contributed by atoms with E-state index in [1.54, 1.807) is 6.20 Å². The van der Waals surface area contributed by atoms with Gasteiger partial charge in [-0.1, -0.05) is 143 Å². The molecular formula is C47H60N4O5. The number of hydrogen-bond donors (Lipinski definition) is 4. The number of benzene rings is 3. The van der Waals surface area contributed by atoms with Crippen LogP contribution in [0.4, 0.5) is 0 Å². The Morgan fingerprint density at radius 2 is 1.39 bits per heavy atom. The Hall–Kier alpha value is -5.02. The van der Waals surface area contributed by atoms with Gasteiger partial charge in [-0.05, 0) is 60.1 Å². The zero-order chi connectivity index (χ0) is 39.7. The molecule has 4 N–H and O–H groups in total. The molecule has 298 valence electrons. The molecule has 1 heterocycles. The Bertz CT molecular complexity index is 1720. The van der Waals surface area contributed by atoms with Crippen LogP contribution in [0.25, 0.3) is 0 Å². The second-order valence-electron chi connectivity index (χ2n) is 15.8. The maximum Gasteiger partial charge on any atom is 0.310 e. The van der Waals surface area contributed by atoms with E-state index in [4.69, 9.17) is 4.74 Å². The van der Waals surface area contributed by atoms with Crippen LogP contribution in [0.3, 0.4) is 0 Å². The molecular weight excluding hydrogens is 701 g/mol. The van der Waals surface area contributed by atoms with Gasteiger partial charge in [0.1, 0.15) is 6.04 Å². The number of allylic oxidation sites excluding steroid dienone is 1. The fraction of sp³-hybridized carbons (Fsp3) is 0.447. The Morgan fingerprint density at radius 1 is 0.821 bits per heavy atom. The van der Waals surface area contributed by atoms with Gasteiger partial charge in [0.15, 0.2) is 6.10 Å². The van der Waals surface area contributed by atoms with Crippen molar-refractivity contribution in [1.82, 2.24) is 20.6 Å². The summed E-state index contributed by atoms with van der Waals surface area (Å²) in [5, 5.41) is 17.8. The van der Waals surface area contributed by atoms with Crippen LogP contribution in [0, 0.1) is 23.7 Å². The first-order chi connectivity index (χ1) is 27.2. The van der Waals surface area contributed by atoms with Crippen LogP contribution in [-0.2, 0) is 44.8 Å². The Labute approximate surface area is 332 Å². The summed E-state index contributed by atoms with van der Waals surface area (Å²) in [7, 11) is 0. The predicted octanol–water partition coefficient (Wildman–Crippen LogP) is 7.36. The summed E-state index contributed by atoms with van der Waals surface area (Å²) in [6.45, 7) is 8.21. The molecule has 0 saturated heterocycles. The van der Waals surface area contributed by atoms with E-state index < -0.39 is 48.0 Å². The van der Waals surface area contributed by atoms with E-state index in [0.29, 0.717) is 37.3 Å². The maximum absolute atomic E-state index is 14.4. The fourth-order valence-electron chi connectivity index (χ4n) is 7.84. The lowest BCUT2D eigenvalue weighted by molar-refractivity contribution is -0.160. The number of esters is 1. The Balaban J connectivity index is 1.39. The molecule has 1 aromatic heterocycles. The van der Waals surface area contributed by atoms with Gasteiger partial charge < -0.3 is 25.5 Å². The SMILES string of the molecule is C=CC(C[C@@H](O)[C@H](CC1CCCCC1)NC(=O)[C@H](Cc1cnc[nH]1)NC(=O)[C@H](Cc1ccccc1)OC(=O)C(Cc1ccccc1)Cc1ccccc1)C(C)C. The normalized spacial score (nSPS) is 16.0. The van der Waals surface area contributed by atoms with Crippen molar-refractivity contribution in [2.45, 2.75) is 109 Å². The molecule has 1 unspecified atom stereocenters. The minimum Gasteiger partial charge on any atom is -0.452 e. The highest BCUT2D eigenvalue weighted by atomic mass is 16.5. The van der Waals surface area contributed by atoms with E-state index in [1.165, 1.54) is 12.7 Å². The van der Waals surface area contributed by atoms with Gasteiger partial charge in [-0.15, -0.1) is 6.58 Å². The van der Waals surface area contributed by atoms with Gasteiger partial charge in [-0.25, -0.2) is 4.98 Å². The van der Waals surface area contributed by atoms with Gasteiger partial charge in [-0.3, -0.25) is 14.4 Å². The first-order valence-corrected chi connectivity index (χ1v) is 20.4. The Morgan fingerprint density at radius 3 is 1.91 bits per heavy atom. The predicted molar refractivity (Wildman–Crippen MR) is 220 cm³/mol. The largest absolute Gasteiger partial charge is 0.452 e. The van der Waals surface area contributed by atoms with E-state index >= 15 is 0 Å². The van der Waals surface area contributed by atoms with E-state index in [1.807, 2.05) is 97.1 Å². The number of aliphatic hydroxyl groups is 1. The zero-order valence-corrected chi connectivity index (χ0v) is 33.0. The molecule has 9 nitrogen and oxygen atoms in total. The van der Waals surface area contributed by atoms with E-state index in [-0.39, 0.29) is 24.7 Å². The summed E-state index contributed by atoms with van der Waals surface area (Å²) in [5.41, 5.74) is 3.45. The van der Waals surface area contributed by atoms with Crippen LogP contribution in [-0.4, -0.2) is 57.1 Å². The first-order valence-electron chi connectivity index (χ1n) is 20.4. The van der Waals surface area contributed by atoms with Crippen molar-refractivity contribution in [2.75, 3.05) is 0 Å². The number of aromatic amines is 1. The number of nitrogens with one attached hydrogen (secondary N) is 3. The molecule has 1 aliphatic carbocycles. The van der Waals surface area contributed by atoms with E-state index in [0.717, 1.165) is 42.4 Å². The second kappa shape index (κ2) is 21.9. The van der Waals surface area contributed by atoms with Crippen LogP contribution >= 0.6 is 0 Å². The minimum absolute atomic E-state index is 0.0808. The molecule has 5 atom stereocenters. The molecule has 5 rings (SSSR count). The monoisotopic (exact) mass is 760 g/mol. The van der Waals surface area contributed by atoms with Crippen molar-refractivity contribution in [3.05, 3.63) is 139 Å². The van der Waals surface area contributed by atoms with Crippen LogP contribution in [0.1, 0.15) is 81.2 Å². The lowest BCUT2D eigenvalue weighted by Crippen LogP contribution is -2.56. The molecule has 1 fully saturated rings. The van der Waals surface area contributed by atoms with Crippen molar-refractivity contribution in [3.63, 3.8) is 0 Å². The van der Waals surface area contributed by atoms with Crippen molar-refractivity contribution >= 4 is 17.8 Å². The molecule has 1 saturated carbocycles. The number of carbonyl (C=O) groups excluding carboxylic acids is 3. The molecule has 0 radical (unpaired) electrons. The molecule has 1 aliphatic rings. The number of aliphatic hydroxyl groups excluding tert-OH is 1. The van der Waals surface area contributed by atoms with Crippen LogP contribution in [0.2, 0.25) is 0 Å². The highest BCUT2D eigenvalue weighted by Crippen LogP contribution is 2.30. The van der Waals surface area contributed by atoms with Crippen LogP contribution in [0.15, 0.2) is 116 Å². The second-order valence-corrected chi connectivity index (χ2v) is 15.8. The summed E-state index contributed by atoms with van der Waals surface area (Å²) < 4.78 is 6.18. The summed E-state index contributed by atoms with van der Waals surface area (Å²) >= 11 is 0. The number of aromatic nitrogens is 2. The molecule has 0 bridgehead atoms. The summed E-state index contributed by atoms with van der Waals surface area (Å²) in [5.74, 6) is -1.27. The topological polar surface area (TPSA) is 133 Å². The number of carbonyl (C=O) groups is 3. The number of imidazole rings is 1. The third-order valence-corrected chi connectivity index (χ3v) is 11.2. The highest BCUT2D eigenvalue weighted by Gasteiger charge is 2.34. The first kappa shape index (κ1) is 42.1. The Kier molecular flexibility index (Phi) is 16.5. The minimum atomic E-state index is -1.21. The average molecular weight is 761 g/mol.